The molecule has 0 aliphatic carbocycles. The zero-order valence-electron chi connectivity index (χ0n) is 24.9. The highest BCUT2D eigenvalue weighted by Crippen LogP contribution is 2.72. The van der Waals surface area contributed by atoms with Gasteiger partial charge in [0.1, 0.15) is 11.8 Å². The zero-order valence-corrected chi connectivity index (χ0v) is 25.7. The van der Waals surface area contributed by atoms with Gasteiger partial charge in [-0.3, -0.25) is 14.4 Å². The van der Waals surface area contributed by atoms with Crippen LogP contribution in [0, 0.1) is 11.8 Å². The zero-order chi connectivity index (χ0) is 29.9. The highest BCUT2D eigenvalue weighted by molar-refractivity contribution is 8.02. The molecule has 1 aromatic carbocycles. The SMILES string of the molecule is C=CCN(CCCC)C(=O)C1N([C@H](C)CO)C(=O)[C@@H]2[C@H](C(=O)N(CC=C)c3ccc(OCC)cc3)[C@]3(C)CCC12S3. The van der Waals surface area contributed by atoms with Crippen LogP contribution in [0.25, 0.3) is 0 Å². The fourth-order valence-electron chi connectivity index (χ4n) is 7.06. The number of rotatable bonds is 14. The van der Waals surface area contributed by atoms with Crippen molar-refractivity contribution in [1.82, 2.24) is 9.80 Å². The van der Waals surface area contributed by atoms with E-state index in [-0.39, 0.29) is 24.3 Å². The number of likely N-dealkylation sites (tertiary alicyclic amines) is 1. The molecule has 1 N–H and O–H groups in total. The molecule has 1 aromatic rings. The second-order valence-corrected chi connectivity index (χ2v) is 13.5. The highest BCUT2D eigenvalue weighted by atomic mass is 32.2. The van der Waals surface area contributed by atoms with Crippen molar-refractivity contribution in [2.24, 2.45) is 11.8 Å². The van der Waals surface area contributed by atoms with Crippen LogP contribution in [-0.4, -0.2) is 87.1 Å². The Morgan fingerprint density at radius 1 is 1.17 bits per heavy atom. The van der Waals surface area contributed by atoms with Crippen molar-refractivity contribution in [3.63, 3.8) is 0 Å². The van der Waals surface area contributed by atoms with Gasteiger partial charge < -0.3 is 24.5 Å². The first-order valence-corrected chi connectivity index (χ1v) is 15.6. The lowest BCUT2D eigenvalue weighted by Gasteiger charge is -2.39. The molecule has 0 saturated carbocycles. The molecule has 9 heteroatoms. The lowest BCUT2D eigenvalue weighted by atomic mass is 9.66. The summed E-state index contributed by atoms with van der Waals surface area (Å²) >= 11 is 1.65. The Morgan fingerprint density at radius 3 is 2.44 bits per heavy atom. The van der Waals surface area contributed by atoms with Crippen LogP contribution in [0.5, 0.6) is 5.75 Å². The third-order valence-corrected chi connectivity index (χ3v) is 10.9. The summed E-state index contributed by atoms with van der Waals surface area (Å²) in [6.07, 6.45) is 6.58. The number of aliphatic hydroxyl groups is 1. The molecule has 3 fully saturated rings. The monoisotopic (exact) mass is 583 g/mol. The molecule has 3 aliphatic rings. The average molecular weight is 584 g/mol. The maximum absolute atomic E-state index is 14.5. The van der Waals surface area contributed by atoms with Crippen molar-refractivity contribution < 1.29 is 24.2 Å². The second-order valence-electron chi connectivity index (χ2n) is 11.6. The maximum atomic E-state index is 14.5. The van der Waals surface area contributed by atoms with E-state index in [4.69, 9.17) is 4.74 Å². The molecule has 3 heterocycles. The molecule has 6 atom stereocenters. The van der Waals surface area contributed by atoms with Crippen molar-refractivity contribution in [3.8, 4) is 5.75 Å². The summed E-state index contributed by atoms with van der Waals surface area (Å²) in [5.74, 6) is -1.02. The molecule has 4 rings (SSSR count). The Bertz CT molecular complexity index is 1160. The largest absolute Gasteiger partial charge is 0.494 e. The van der Waals surface area contributed by atoms with Crippen LogP contribution in [0.3, 0.4) is 0 Å². The lowest BCUT2D eigenvalue weighted by Crippen LogP contribution is -2.57. The molecule has 3 saturated heterocycles. The van der Waals surface area contributed by atoms with Gasteiger partial charge in [-0.1, -0.05) is 25.5 Å². The number of aliphatic hydroxyl groups excluding tert-OH is 1. The van der Waals surface area contributed by atoms with Gasteiger partial charge in [0.05, 0.1) is 35.8 Å². The highest BCUT2D eigenvalue weighted by Gasteiger charge is 2.77. The van der Waals surface area contributed by atoms with Crippen molar-refractivity contribution in [1.29, 1.82) is 0 Å². The molecule has 224 valence electrons. The van der Waals surface area contributed by atoms with Gasteiger partial charge >= 0.3 is 0 Å². The fraction of sp³-hybridized carbons (Fsp3) is 0.594. The molecule has 0 aromatic heterocycles. The van der Waals surface area contributed by atoms with Gasteiger partial charge in [-0.25, -0.2) is 0 Å². The van der Waals surface area contributed by atoms with E-state index in [9.17, 15) is 19.5 Å². The maximum Gasteiger partial charge on any atom is 0.247 e. The van der Waals surface area contributed by atoms with E-state index in [1.54, 1.807) is 45.5 Å². The Balaban J connectivity index is 1.76. The molecule has 2 unspecified atom stereocenters. The van der Waals surface area contributed by atoms with Crippen molar-refractivity contribution in [2.45, 2.75) is 75.0 Å². The average Bonchev–Trinajstić information content (AvgIpc) is 3.54. The number of carbonyl (C=O) groups is 3. The molecular formula is C32H45N3O5S. The minimum Gasteiger partial charge on any atom is -0.494 e. The van der Waals surface area contributed by atoms with Gasteiger partial charge in [0.25, 0.3) is 0 Å². The number of unbranched alkanes of at least 4 members (excludes halogenated alkanes) is 1. The minimum absolute atomic E-state index is 0.117. The standard InChI is InChI=1S/C32H45N3O5S/c1-7-11-20-33(18-8-2)30(39)27-32-17-16-31(6,41-32)25(26(32)29(38)35(27)22(5)21-36)28(37)34(19-9-3)23-12-14-24(15-13-23)40-10-4/h8-9,12-15,22,25-27,36H,2-3,7,10-11,16-21H2,1,4-6H3/t22-,25-,26+,27?,31+,32?/m1/s1. The molecule has 2 bridgehead atoms. The fourth-order valence-corrected chi connectivity index (χ4v) is 9.39. The lowest BCUT2D eigenvalue weighted by molar-refractivity contribution is -0.145. The third kappa shape index (κ3) is 5.31. The van der Waals surface area contributed by atoms with E-state index in [0.717, 1.165) is 25.0 Å². The van der Waals surface area contributed by atoms with E-state index >= 15 is 0 Å². The number of nitrogens with zero attached hydrogens (tertiary/aromatic N) is 3. The van der Waals surface area contributed by atoms with Gasteiger partial charge in [-0.15, -0.1) is 24.9 Å². The Morgan fingerprint density at radius 2 is 1.85 bits per heavy atom. The summed E-state index contributed by atoms with van der Waals surface area (Å²) in [5, 5.41) is 10.2. The molecule has 0 radical (unpaired) electrons. The first-order chi connectivity index (χ1) is 19.6. The van der Waals surface area contributed by atoms with Crippen LogP contribution < -0.4 is 9.64 Å². The van der Waals surface area contributed by atoms with Crippen LogP contribution >= 0.6 is 11.8 Å². The molecule has 8 nitrogen and oxygen atoms in total. The van der Waals surface area contributed by atoms with Crippen LogP contribution in [0.15, 0.2) is 49.6 Å². The Kier molecular flexibility index (Phi) is 9.59. The van der Waals surface area contributed by atoms with Crippen LogP contribution in [-0.2, 0) is 14.4 Å². The molecule has 41 heavy (non-hydrogen) atoms. The topological polar surface area (TPSA) is 90.4 Å². The van der Waals surface area contributed by atoms with Gasteiger partial charge in [0.15, 0.2) is 0 Å². The first kappa shape index (κ1) is 31.2. The summed E-state index contributed by atoms with van der Waals surface area (Å²) in [7, 11) is 0. The number of thioether (sulfide) groups is 1. The predicted octanol–water partition coefficient (Wildman–Crippen LogP) is 4.28. The van der Waals surface area contributed by atoms with Gasteiger partial charge in [0.2, 0.25) is 17.7 Å². The van der Waals surface area contributed by atoms with Gasteiger partial charge in [-0.05, 0) is 64.3 Å². The molecular weight excluding hydrogens is 538 g/mol. The van der Waals surface area contributed by atoms with Crippen molar-refractivity contribution >= 4 is 35.2 Å². The number of carbonyl (C=O) groups excluding carboxylic acids is 3. The third-order valence-electron chi connectivity index (χ3n) is 8.93. The van der Waals surface area contributed by atoms with Crippen molar-refractivity contribution in [2.75, 3.05) is 37.7 Å². The number of hydrogen-bond donors (Lipinski definition) is 1. The van der Waals surface area contributed by atoms with Crippen molar-refractivity contribution in [3.05, 3.63) is 49.6 Å². The summed E-state index contributed by atoms with van der Waals surface area (Å²) < 4.78 is 4.35. The van der Waals surface area contributed by atoms with E-state index in [0.29, 0.717) is 38.3 Å². The summed E-state index contributed by atoms with van der Waals surface area (Å²) in [5.41, 5.74) is 0.708. The molecule has 3 amide bonds. The second kappa shape index (κ2) is 12.6. The summed E-state index contributed by atoms with van der Waals surface area (Å²) in [4.78, 5) is 48.3. The first-order valence-electron chi connectivity index (χ1n) is 14.8. The minimum atomic E-state index is -0.748. The number of anilines is 1. The predicted molar refractivity (Wildman–Crippen MR) is 164 cm³/mol. The van der Waals surface area contributed by atoms with Crippen LogP contribution in [0.4, 0.5) is 5.69 Å². The number of hydrogen-bond acceptors (Lipinski definition) is 6. The summed E-state index contributed by atoms with van der Waals surface area (Å²) in [6.45, 7) is 17.1. The van der Waals surface area contributed by atoms with Gasteiger partial charge in [0, 0.05) is 30.1 Å². The van der Waals surface area contributed by atoms with Crippen LogP contribution in [0.1, 0.15) is 53.4 Å². The van der Waals surface area contributed by atoms with E-state index in [1.165, 1.54) is 0 Å². The van der Waals surface area contributed by atoms with Gasteiger partial charge in [-0.2, -0.15) is 0 Å². The van der Waals surface area contributed by atoms with E-state index < -0.39 is 33.4 Å². The van der Waals surface area contributed by atoms with Crippen LogP contribution in [0.2, 0.25) is 0 Å². The smallest absolute Gasteiger partial charge is 0.247 e. The normalized spacial score (nSPS) is 28.8. The van der Waals surface area contributed by atoms with E-state index in [1.807, 2.05) is 31.2 Å². The quantitative estimate of drug-likeness (QED) is 0.329. The summed E-state index contributed by atoms with van der Waals surface area (Å²) in [6, 6.07) is 6.09. The molecule has 3 aliphatic heterocycles. The number of fused-ring (bicyclic) bond motifs is 1. The Hall–Kier alpha value is -2.78. The van der Waals surface area contributed by atoms with E-state index in [2.05, 4.69) is 27.0 Å². The number of benzene rings is 1. The Labute approximate surface area is 248 Å². The molecule has 1 spiro atoms. The number of amides is 3. The number of ether oxygens (including phenoxy) is 1.